The number of benzene rings is 1. The van der Waals surface area contributed by atoms with E-state index in [1.165, 1.54) is 7.11 Å². The van der Waals surface area contributed by atoms with E-state index >= 15 is 0 Å². The Hall–Kier alpha value is -2.47. The number of hydrogen-bond acceptors (Lipinski definition) is 5. The normalized spacial score (nSPS) is 16.8. The Morgan fingerprint density at radius 3 is 2.52 bits per heavy atom. The summed E-state index contributed by atoms with van der Waals surface area (Å²) in [5.74, 6) is 0.0218. The Labute approximate surface area is 160 Å². The molecule has 0 saturated carbocycles. The van der Waals surface area contributed by atoms with Gasteiger partial charge in [-0.15, -0.1) is 0 Å². The van der Waals surface area contributed by atoms with Gasteiger partial charge in [0.15, 0.2) is 0 Å². The Balaban J connectivity index is 1.58. The van der Waals surface area contributed by atoms with Crippen molar-refractivity contribution in [2.75, 3.05) is 20.2 Å². The SMILES string of the molecule is COC(=O)CCn1cc(CN2CCC(C(C)=O)(c3ccccc3)CC2)cn1. The smallest absolute Gasteiger partial charge is 0.307 e. The molecule has 0 unspecified atom stereocenters. The second-order valence-electron chi connectivity index (χ2n) is 7.22. The summed E-state index contributed by atoms with van der Waals surface area (Å²) < 4.78 is 6.44. The summed E-state index contributed by atoms with van der Waals surface area (Å²) in [6, 6.07) is 10.2. The zero-order chi connectivity index (χ0) is 19.3. The summed E-state index contributed by atoms with van der Waals surface area (Å²) in [4.78, 5) is 26.1. The van der Waals surface area contributed by atoms with E-state index in [0.29, 0.717) is 13.0 Å². The third kappa shape index (κ3) is 4.45. The van der Waals surface area contributed by atoms with Crippen molar-refractivity contribution in [3.63, 3.8) is 0 Å². The number of aryl methyl sites for hydroxylation is 1. The summed E-state index contributed by atoms with van der Waals surface area (Å²) in [5.41, 5.74) is 1.89. The lowest BCUT2D eigenvalue weighted by Crippen LogP contribution is -2.46. The number of aromatic nitrogens is 2. The maximum atomic E-state index is 12.5. The average Bonchev–Trinajstić information content (AvgIpc) is 3.14. The van der Waals surface area contributed by atoms with Crippen LogP contribution < -0.4 is 0 Å². The van der Waals surface area contributed by atoms with Gasteiger partial charge in [0.1, 0.15) is 5.78 Å². The van der Waals surface area contributed by atoms with Crippen LogP contribution >= 0.6 is 0 Å². The highest BCUT2D eigenvalue weighted by Gasteiger charge is 2.40. The van der Waals surface area contributed by atoms with Crippen molar-refractivity contribution in [2.45, 2.75) is 44.7 Å². The van der Waals surface area contributed by atoms with E-state index in [1.54, 1.807) is 11.6 Å². The first kappa shape index (κ1) is 19.3. The second-order valence-corrected chi connectivity index (χ2v) is 7.22. The molecule has 0 radical (unpaired) electrons. The molecule has 0 spiro atoms. The molecule has 1 aromatic carbocycles. The van der Waals surface area contributed by atoms with Crippen LogP contribution in [0.25, 0.3) is 0 Å². The highest BCUT2D eigenvalue weighted by molar-refractivity contribution is 5.88. The Morgan fingerprint density at radius 1 is 1.19 bits per heavy atom. The molecule has 1 aliphatic heterocycles. The van der Waals surface area contributed by atoms with Gasteiger partial charge in [0, 0.05) is 18.3 Å². The molecule has 144 valence electrons. The molecular weight excluding hydrogens is 342 g/mol. The topological polar surface area (TPSA) is 64.4 Å². The molecule has 2 heterocycles. The first-order chi connectivity index (χ1) is 13.0. The maximum Gasteiger partial charge on any atom is 0.307 e. The molecule has 2 aromatic rings. The number of rotatable bonds is 7. The summed E-state index contributed by atoms with van der Waals surface area (Å²) in [5, 5.41) is 4.32. The molecule has 0 atom stereocenters. The first-order valence-corrected chi connectivity index (χ1v) is 9.40. The van der Waals surface area contributed by atoms with Crippen molar-refractivity contribution in [3.8, 4) is 0 Å². The third-order valence-electron chi connectivity index (χ3n) is 5.58. The molecule has 3 rings (SSSR count). The minimum absolute atomic E-state index is 0.232. The number of carbonyl (C=O) groups excluding carboxylic acids is 2. The van der Waals surface area contributed by atoms with Gasteiger partial charge in [-0.05, 0) is 38.4 Å². The number of Topliss-reactive ketones (excluding diaryl/α,β-unsaturated/α-hetero) is 1. The highest BCUT2D eigenvalue weighted by Crippen LogP contribution is 2.36. The van der Waals surface area contributed by atoms with Crippen molar-refractivity contribution >= 4 is 11.8 Å². The molecule has 1 fully saturated rings. The van der Waals surface area contributed by atoms with E-state index in [4.69, 9.17) is 0 Å². The first-order valence-electron chi connectivity index (χ1n) is 9.40. The Kier molecular flexibility index (Phi) is 6.06. The fraction of sp³-hybridized carbons (Fsp3) is 0.476. The van der Waals surface area contributed by atoms with Crippen LogP contribution in [0, 0.1) is 0 Å². The summed E-state index contributed by atoms with van der Waals surface area (Å²) in [6.45, 7) is 4.80. The minimum Gasteiger partial charge on any atom is -0.469 e. The van der Waals surface area contributed by atoms with Gasteiger partial charge in [-0.2, -0.15) is 5.10 Å². The zero-order valence-electron chi connectivity index (χ0n) is 16.1. The van der Waals surface area contributed by atoms with Crippen LogP contribution in [0.2, 0.25) is 0 Å². The fourth-order valence-corrected chi connectivity index (χ4v) is 3.87. The molecule has 27 heavy (non-hydrogen) atoms. The van der Waals surface area contributed by atoms with Crippen LogP contribution in [0.1, 0.15) is 37.3 Å². The lowest BCUT2D eigenvalue weighted by atomic mass is 9.70. The van der Waals surface area contributed by atoms with Gasteiger partial charge >= 0.3 is 5.97 Å². The standard InChI is InChI=1S/C21H27N3O3/c1-17(25)21(19-6-4-3-5-7-19)9-12-23(13-10-21)15-18-14-22-24(16-18)11-8-20(26)27-2/h3-7,14,16H,8-13,15H2,1-2H3. The molecule has 0 N–H and O–H groups in total. The average molecular weight is 369 g/mol. The Bertz CT molecular complexity index is 777. The van der Waals surface area contributed by atoms with E-state index in [1.807, 2.05) is 30.6 Å². The van der Waals surface area contributed by atoms with E-state index in [0.717, 1.165) is 43.6 Å². The van der Waals surface area contributed by atoms with Gasteiger partial charge in [-0.25, -0.2) is 0 Å². The van der Waals surface area contributed by atoms with Crippen molar-refractivity contribution in [3.05, 3.63) is 53.9 Å². The van der Waals surface area contributed by atoms with E-state index in [-0.39, 0.29) is 17.2 Å². The molecule has 0 amide bonds. The van der Waals surface area contributed by atoms with Crippen LogP contribution in [0.3, 0.4) is 0 Å². The molecule has 1 saturated heterocycles. The summed E-state index contributed by atoms with van der Waals surface area (Å²) in [6.07, 6.45) is 5.82. The molecule has 0 aliphatic carbocycles. The predicted octanol–water partition coefficient (Wildman–Crippen LogP) is 2.57. The predicted molar refractivity (Wildman–Crippen MR) is 102 cm³/mol. The van der Waals surface area contributed by atoms with Gasteiger partial charge in [-0.3, -0.25) is 19.2 Å². The zero-order valence-corrected chi connectivity index (χ0v) is 16.1. The molecule has 1 aliphatic rings. The van der Waals surface area contributed by atoms with Gasteiger partial charge in [0.2, 0.25) is 0 Å². The summed E-state index contributed by atoms with van der Waals surface area (Å²) >= 11 is 0. The number of esters is 1. The Morgan fingerprint density at radius 2 is 1.89 bits per heavy atom. The van der Waals surface area contributed by atoms with Crippen LogP contribution in [-0.4, -0.2) is 46.6 Å². The molecule has 0 bridgehead atoms. The maximum absolute atomic E-state index is 12.5. The number of hydrogen-bond donors (Lipinski definition) is 0. The van der Waals surface area contributed by atoms with Crippen LogP contribution in [-0.2, 0) is 32.8 Å². The van der Waals surface area contributed by atoms with Crippen LogP contribution in [0.4, 0.5) is 0 Å². The number of methoxy groups -OCH3 is 1. The summed E-state index contributed by atoms with van der Waals surface area (Å²) in [7, 11) is 1.39. The molecule has 6 nitrogen and oxygen atoms in total. The lowest BCUT2D eigenvalue weighted by Gasteiger charge is -2.40. The van der Waals surface area contributed by atoms with Crippen molar-refractivity contribution in [2.24, 2.45) is 0 Å². The number of ketones is 1. The van der Waals surface area contributed by atoms with Gasteiger partial charge in [-0.1, -0.05) is 30.3 Å². The van der Waals surface area contributed by atoms with Crippen molar-refractivity contribution in [1.29, 1.82) is 0 Å². The van der Waals surface area contributed by atoms with Crippen molar-refractivity contribution < 1.29 is 14.3 Å². The van der Waals surface area contributed by atoms with Gasteiger partial charge in [0.25, 0.3) is 0 Å². The highest BCUT2D eigenvalue weighted by atomic mass is 16.5. The number of likely N-dealkylation sites (tertiary alicyclic amines) is 1. The van der Waals surface area contributed by atoms with Gasteiger partial charge < -0.3 is 4.74 Å². The van der Waals surface area contributed by atoms with E-state index in [2.05, 4.69) is 26.9 Å². The number of ether oxygens (including phenoxy) is 1. The number of carbonyl (C=O) groups is 2. The van der Waals surface area contributed by atoms with E-state index in [9.17, 15) is 9.59 Å². The molecule has 6 heteroatoms. The lowest BCUT2D eigenvalue weighted by molar-refractivity contribution is -0.140. The number of nitrogens with zero attached hydrogens (tertiary/aromatic N) is 3. The quantitative estimate of drug-likeness (QED) is 0.702. The second kappa shape index (κ2) is 8.48. The van der Waals surface area contributed by atoms with Crippen molar-refractivity contribution in [1.82, 2.24) is 14.7 Å². The molecule has 1 aromatic heterocycles. The van der Waals surface area contributed by atoms with E-state index < -0.39 is 0 Å². The largest absolute Gasteiger partial charge is 0.469 e. The fourth-order valence-electron chi connectivity index (χ4n) is 3.87. The molecular formula is C21H27N3O3. The monoisotopic (exact) mass is 369 g/mol. The minimum atomic E-state index is -0.359. The number of piperidine rings is 1. The van der Waals surface area contributed by atoms with Crippen LogP contribution in [0.15, 0.2) is 42.7 Å². The van der Waals surface area contributed by atoms with Crippen LogP contribution in [0.5, 0.6) is 0 Å². The van der Waals surface area contributed by atoms with Gasteiger partial charge in [0.05, 0.1) is 31.7 Å². The third-order valence-corrected chi connectivity index (χ3v) is 5.58.